The van der Waals surface area contributed by atoms with Crippen LogP contribution in [0.15, 0.2) is 71.6 Å². The molecule has 0 saturated carbocycles. The number of fused-ring (bicyclic) bond motifs is 1. The molecule has 0 unspecified atom stereocenters. The van der Waals surface area contributed by atoms with E-state index in [2.05, 4.69) is 5.32 Å². The van der Waals surface area contributed by atoms with Crippen LogP contribution in [0.1, 0.15) is 12.5 Å². The SMILES string of the molecule is CCN(CC(=O)Nc1ccccc1C(F)(F)F)S(=O)(=O)c1ccc2ccccc2c1. The van der Waals surface area contributed by atoms with Gasteiger partial charge in [-0.05, 0) is 35.0 Å². The Kier molecular flexibility index (Phi) is 6.14. The summed E-state index contributed by atoms with van der Waals surface area (Å²) in [4.78, 5) is 12.4. The van der Waals surface area contributed by atoms with Gasteiger partial charge >= 0.3 is 6.18 Å². The van der Waals surface area contributed by atoms with Crippen molar-refractivity contribution in [1.82, 2.24) is 4.31 Å². The molecule has 0 atom stereocenters. The van der Waals surface area contributed by atoms with E-state index in [1.807, 2.05) is 12.1 Å². The second kappa shape index (κ2) is 8.45. The summed E-state index contributed by atoms with van der Waals surface area (Å²) < 4.78 is 66.2. The summed E-state index contributed by atoms with van der Waals surface area (Å²) in [6, 6.07) is 16.4. The monoisotopic (exact) mass is 436 g/mol. The number of carbonyl (C=O) groups is 1. The lowest BCUT2D eigenvalue weighted by Crippen LogP contribution is -2.38. The largest absolute Gasteiger partial charge is 0.418 e. The van der Waals surface area contributed by atoms with Crippen LogP contribution in [0, 0.1) is 0 Å². The summed E-state index contributed by atoms with van der Waals surface area (Å²) in [5, 5.41) is 3.75. The lowest BCUT2D eigenvalue weighted by atomic mass is 10.1. The number of anilines is 1. The van der Waals surface area contributed by atoms with E-state index in [0.717, 1.165) is 27.2 Å². The fraction of sp³-hybridized carbons (Fsp3) is 0.190. The second-order valence-corrected chi connectivity index (χ2v) is 8.47. The van der Waals surface area contributed by atoms with Crippen LogP contribution < -0.4 is 5.32 Å². The zero-order valence-corrected chi connectivity index (χ0v) is 16.8. The molecule has 0 saturated heterocycles. The van der Waals surface area contributed by atoms with Gasteiger partial charge in [-0.2, -0.15) is 17.5 Å². The van der Waals surface area contributed by atoms with E-state index in [-0.39, 0.29) is 11.4 Å². The van der Waals surface area contributed by atoms with Crippen LogP contribution in [-0.2, 0) is 21.0 Å². The van der Waals surface area contributed by atoms with Gasteiger partial charge in [0, 0.05) is 6.54 Å². The van der Waals surface area contributed by atoms with Crippen LogP contribution in [0.5, 0.6) is 0 Å². The number of para-hydroxylation sites is 1. The maximum atomic E-state index is 13.1. The molecule has 30 heavy (non-hydrogen) atoms. The molecule has 0 radical (unpaired) electrons. The molecule has 0 heterocycles. The summed E-state index contributed by atoms with van der Waals surface area (Å²) >= 11 is 0. The number of nitrogens with one attached hydrogen (secondary N) is 1. The fourth-order valence-electron chi connectivity index (χ4n) is 3.03. The minimum atomic E-state index is -4.65. The first-order valence-corrected chi connectivity index (χ1v) is 10.5. The highest BCUT2D eigenvalue weighted by Gasteiger charge is 2.34. The lowest BCUT2D eigenvalue weighted by molar-refractivity contribution is -0.137. The predicted octanol–water partition coefficient (Wildman–Crippen LogP) is 4.51. The lowest BCUT2D eigenvalue weighted by Gasteiger charge is -2.21. The number of benzene rings is 3. The molecule has 0 fully saturated rings. The standard InChI is InChI=1S/C21H19F3N2O3S/c1-2-26(14-20(27)25-19-10-6-5-9-18(19)21(22,23)24)30(28,29)17-12-11-15-7-3-4-8-16(15)13-17/h3-13H,2,14H2,1H3,(H,25,27). The van der Waals surface area contributed by atoms with E-state index >= 15 is 0 Å². The Bertz CT molecular complexity index is 1180. The first kappa shape index (κ1) is 21.8. The average molecular weight is 436 g/mol. The van der Waals surface area contributed by atoms with Crippen LogP contribution in [-0.4, -0.2) is 31.7 Å². The zero-order valence-electron chi connectivity index (χ0n) is 16.0. The number of hydrogen-bond acceptors (Lipinski definition) is 3. The molecule has 0 aliphatic heterocycles. The van der Waals surface area contributed by atoms with Crippen molar-refractivity contribution < 1.29 is 26.4 Å². The number of amides is 1. The highest BCUT2D eigenvalue weighted by molar-refractivity contribution is 7.89. The summed E-state index contributed by atoms with van der Waals surface area (Å²) in [7, 11) is -4.02. The minimum absolute atomic E-state index is 0.00606. The first-order chi connectivity index (χ1) is 14.1. The van der Waals surface area contributed by atoms with Crippen LogP contribution in [0.2, 0.25) is 0 Å². The van der Waals surface area contributed by atoms with E-state index in [1.165, 1.54) is 24.3 Å². The molecule has 0 aliphatic carbocycles. The van der Waals surface area contributed by atoms with Gasteiger partial charge < -0.3 is 5.32 Å². The minimum Gasteiger partial charge on any atom is -0.324 e. The Morgan fingerprint density at radius 1 is 0.967 bits per heavy atom. The number of sulfonamides is 1. The Morgan fingerprint density at radius 2 is 1.60 bits per heavy atom. The van der Waals surface area contributed by atoms with Crippen molar-refractivity contribution >= 4 is 32.4 Å². The molecular weight excluding hydrogens is 417 g/mol. The van der Waals surface area contributed by atoms with Crippen molar-refractivity contribution in [2.75, 3.05) is 18.4 Å². The van der Waals surface area contributed by atoms with Crippen LogP contribution in [0.3, 0.4) is 0 Å². The smallest absolute Gasteiger partial charge is 0.324 e. The highest BCUT2D eigenvalue weighted by atomic mass is 32.2. The Labute approximate surface area is 172 Å². The van der Waals surface area contributed by atoms with Crippen LogP contribution in [0.4, 0.5) is 18.9 Å². The predicted molar refractivity (Wildman–Crippen MR) is 108 cm³/mol. The maximum Gasteiger partial charge on any atom is 0.418 e. The summed E-state index contributed by atoms with van der Waals surface area (Å²) in [5.74, 6) is -0.863. The molecule has 1 N–H and O–H groups in total. The average Bonchev–Trinajstić information content (AvgIpc) is 2.71. The third kappa shape index (κ3) is 4.63. The Hall–Kier alpha value is -2.91. The summed E-state index contributed by atoms with van der Waals surface area (Å²) in [6.45, 7) is 0.914. The van der Waals surface area contributed by atoms with Crippen molar-refractivity contribution in [3.63, 3.8) is 0 Å². The molecule has 0 aliphatic rings. The normalized spacial score (nSPS) is 12.3. The molecule has 5 nitrogen and oxygen atoms in total. The van der Waals surface area contributed by atoms with Gasteiger partial charge in [0.2, 0.25) is 15.9 Å². The quantitative estimate of drug-likeness (QED) is 0.618. The van der Waals surface area contributed by atoms with E-state index < -0.39 is 39.9 Å². The van der Waals surface area contributed by atoms with Crippen LogP contribution in [0.25, 0.3) is 10.8 Å². The van der Waals surface area contributed by atoms with Gasteiger partial charge in [-0.25, -0.2) is 8.42 Å². The second-order valence-electron chi connectivity index (χ2n) is 6.53. The number of hydrogen-bond donors (Lipinski definition) is 1. The molecule has 0 spiro atoms. The third-order valence-electron chi connectivity index (χ3n) is 4.54. The molecule has 3 aromatic rings. The van der Waals surface area contributed by atoms with Gasteiger partial charge in [0.25, 0.3) is 0 Å². The molecule has 3 aromatic carbocycles. The number of carbonyl (C=O) groups excluding carboxylic acids is 1. The van der Waals surface area contributed by atoms with Gasteiger partial charge in [-0.3, -0.25) is 4.79 Å². The molecule has 0 aromatic heterocycles. The Balaban J connectivity index is 1.83. The fourth-order valence-corrected chi connectivity index (χ4v) is 4.47. The highest BCUT2D eigenvalue weighted by Crippen LogP contribution is 2.34. The number of likely N-dealkylation sites (N-methyl/N-ethyl adjacent to an activating group) is 1. The topological polar surface area (TPSA) is 66.5 Å². The summed E-state index contributed by atoms with van der Waals surface area (Å²) in [5.41, 5.74) is -1.42. The number of nitrogens with zero attached hydrogens (tertiary/aromatic N) is 1. The Morgan fingerprint density at radius 3 is 2.27 bits per heavy atom. The van der Waals surface area contributed by atoms with Crippen molar-refractivity contribution in [2.45, 2.75) is 18.0 Å². The molecule has 158 valence electrons. The third-order valence-corrected chi connectivity index (χ3v) is 6.45. The van der Waals surface area contributed by atoms with E-state index in [9.17, 15) is 26.4 Å². The molecular formula is C21H19F3N2O3S. The van der Waals surface area contributed by atoms with Crippen molar-refractivity contribution in [1.29, 1.82) is 0 Å². The van der Waals surface area contributed by atoms with Crippen molar-refractivity contribution in [3.8, 4) is 0 Å². The van der Waals surface area contributed by atoms with Gasteiger partial charge in [-0.15, -0.1) is 0 Å². The van der Waals surface area contributed by atoms with Gasteiger partial charge in [-0.1, -0.05) is 49.4 Å². The van der Waals surface area contributed by atoms with E-state index in [0.29, 0.717) is 0 Å². The van der Waals surface area contributed by atoms with Gasteiger partial charge in [0.05, 0.1) is 22.7 Å². The molecule has 1 amide bonds. The number of alkyl halides is 3. The molecule has 9 heteroatoms. The number of halogens is 3. The zero-order chi connectivity index (χ0) is 21.9. The van der Waals surface area contributed by atoms with Crippen molar-refractivity contribution in [3.05, 3.63) is 72.3 Å². The van der Waals surface area contributed by atoms with Gasteiger partial charge in [0.15, 0.2) is 0 Å². The van der Waals surface area contributed by atoms with Crippen LogP contribution >= 0.6 is 0 Å². The van der Waals surface area contributed by atoms with Gasteiger partial charge in [0.1, 0.15) is 0 Å². The number of rotatable bonds is 6. The van der Waals surface area contributed by atoms with Crippen molar-refractivity contribution in [2.24, 2.45) is 0 Å². The summed E-state index contributed by atoms with van der Waals surface area (Å²) in [6.07, 6.45) is -4.65. The van der Waals surface area contributed by atoms with E-state index in [1.54, 1.807) is 25.1 Å². The molecule has 0 bridgehead atoms. The first-order valence-electron chi connectivity index (χ1n) is 9.08. The molecule has 3 rings (SSSR count). The maximum absolute atomic E-state index is 13.1. The van der Waals surface area contributed by atoms with E-state index in [4.69, 9.17) is 0 Å².